The van der Waals surface area contributed by atoms with Gasteiger partial charge in [-0.2, -0.15) is 4.31 Å². The lowest BCUT2D eigenvalue weighted by Crippen LogP contribution is -2.40. The van der Waals surface area contributed by atoms with Crippen molar-refractivity contribution >= 4 is 33.5 Å². The Kier molecular flexibility index (Phi) is 4.69. The van der Waals surface area contributed by atoms with Crippen LogP contribution in [0.25, 0.3) is 0 Å². The largest absolute Gasteiger partial charge is 0.478 e. The molecule has 0 unspecified atom stereocenters. The van der Waals surface area contributed by atoms with E-state index in [0.29, 0.717) is 13.2 Å². The second-order valence-electron chi connectivity index (χ2n) is 6.53. The molecule has 2 aliphatic rings. The highest BCUT2D eigenvalue weighted by Gasteiger charge is 2.38. The van der Waals surface area contributed by atoms with Crippen molar-refractivity contribution in [2.45, 2.75) is 4.90 Å². The molecule has 0 atom stereocenters. The summed E-state index contributed by atoms with van der Waals surface area (Å²) in [5.74, 6) is -2.55. The minimum Gasteiger partial charge on any atom is -0.478 e. The predicted octanol–water partition coefficient (Wildman–Crippen LogP) is 1.21. The maximum atomic E-state index is 12.9. The number of carbonyl (C=O) groups is 3. The van der Waals surface area contributed by atoms with Crippen LogP contribution >= 0.6 is 0 Å². The summed E-state index contributed by atoms with van der Waals surface area (Å²) >= 11 is 0. The third-order valence-electron chi connectivity index (χ3n) is 4.82. The van der Waals surface area contributed by atoms with Gasteiger partial charge < -0.3 is 9.84 Å². The van der Waals surface area contributed by atoms with Crippen LogP contribution in [0.1, 0.15) is 31.1 Å². The normalized spacial score (nSPS) is 17.4. The summed E-state index contributed by atoms with van der Waals surface area (Å²) in [6.45, 7) is 1.03. The Labute approximate surface area is 166 Å². The van der Waals surface area contributed by atoms with Gasteiger partial charge >= 0.3 is 5.97 Å². The van der Waals surface area contributed by atoms with Gasteiger partial charge in [0.05, 0.1) is 40.5 Å². The number of ether oxygens (including phenoxy) is 1. The summed E-state index contributed by atoms with van der Waals surface area (Å²) < 4.78 is 32.2. The van der Waals surface area contributed by atoms with Gasteiger partial charge in [0.1, 0.15) is 0 Å². The van der Waals surface area contributed by atoms with Crippen molar-refractivity contribution in [1.29, 1.82) is 0 Å². The molecule has 2 aliphatic heterocycles. The molecular formula is C19H16N2O7S. The molecule has 2 aromatic carbocycles. The average molecular weight is 416 g/mol. The highest BCUT2D eigenvalue weighted by molar-refractivity contribution is 7.89. The van der Waals surface area contributed by atoms with Gasteiger partial charge in [0, 0.05) is 13.1 Å². The molecule has 0 aliphatic carbocycles. The van der Waals surface area contributed by atoms with E-state index in [0.717, 1.165) is 11.0 Å². The first-order valence-corrected chi connectivity index (χ1v) is 10.2. The van der Waals surface area contributed by atoms with E-state index in [1.807, 2.05) is 0 Å². The van der Waals surface area contributed by atoms with Gasteiger partial charge in [-0.3, -0.25) is 9.59 Å². The fraction of sp³-hybridized carbons (Fsp3) is 0.211. The fourth-order valence-electron chi connectivity index (χ4n) is 3.33. The zero-order valence-electron chi connectivity index (χ0n) is 15.1. The number of carbonyl (C=O) groups excluding carboxylic acids is 2. The zero-order chi connectivity index (χ0) is 20.8. The van der Waals surface area contributed by atoms with Crippen LogP contribution in [0, 0.1) is 0 Å². The average Bonchev–Trinajstić information content (AvgIpc) is 2.98. The number of fused-ring (bicyclic) bond motifs is 1. The fourth-order valence-corrected chi connectivity index (χ4v) is 4.78. The SMILES string of the molecule is O=C(O)c1ccc2c(c1)C(=O)N(c1cccc(S(=O)(=O)N3CCOCC3)c1)C2=O. The molecule has 0 bridgehead atoms. The Bertz CT molecular complexity index is 1140. The molecule has 9 nitrogen and oxygen atoms in total. The summed E-state index contributed by atoms with van der Waals surface area (Å²) in [6.07, 6.45) is 0. The first kappa shape index (κ1) is 19.2. The molecule has 10 heteroatoms. The number of hydrogen-bond acceptors (Lipinski definition) is 6. The van der Waals surface area contributed by atoms with Crippen molar-refractivity contribution in [2.24, 2.45) is 0 Å². The minimum atomic E-state index is -3.81. The van der Waals surface area contributed by atoms with E-state index in [1.54, 1.807) is 0 Å². The van der Waals surface area contributed by atoms with Crippen LogP contribution in [0.4, 0.5) is 5.69 Å². The van der Waals surface area contributed by atoms with Crippen LogP contribution in [-0.4, -0.2) is 61.9 Å². The number of aromatic carboxylic acids is 1. The van der Waals surface area contributed by atoms with Crippen molar-refractivity contribution in [3.8, 4) is 0 Å². The molecule has 0 spiro atoms. The van der Waals surface area contributed by atoms with Gasteiger partial charge in [0.2, 0.25) is 10.0 Å². The number of hydrogen-bond donors (Lipinski definition) is 1. The smallest absolute Gasteiger partial charge is 0.335 e. The summed E-state index contributed by atoms with van der Waals surface area (Å²) in [5.41, 5.74) is 0.0237. The molecule has 0 aromatic heterocycles. The summed E-state index contributed by atoms with van der Waals surface area (Å²) in [6, 6.07) is 9.25. The molecule has 1 saturated heterocycles. The molecule has 1 N–H and O–H groups in total. The van der Waals surface area contributed by atoms with E-state index in [-0.39, 0.29) is 40.4 Å². The number of imide groups is 1. The van der Waals surface area contributed by atoms with Gasteiger partial charge in [-0.15, -0.1) is 0 Å². The number of benzene rings is 2. The second kappa shape index (κ2) is 7.07. The van der Waals surface area contributed by atoms with Crippen LogP contribution in [0.3, 0.4) is 0 Å². The maximum Gasteiger partial charge on any atom is 0.335 e. The number of morpholine rings is 1. The topological polar surface area (TPSA) is 121 Å². The quantitative estimate of drug-likeness (QED) is 0.744. The van der Waals surface area contributed by atoms with Crippen molar-refractivity contribution < 1.29 is 32.6 Å². The van der Waals surface area contributed by atoms with Crippen molar-refractivity contribution in [2.75, 3.05) is 31.2 Å². The van der Waals surface area contributed by atoms with E-state index in [9.17, 15) is 22.8 Å². The highest BCUT2D eigenvalue weighted by atomic mass is 32.2. The van der Waals surface area contributed by atoms with Crippen molar-refractivity contribution in [3.05, 3.63) is 59.2 Å². The Balaban J connectivity index is 1.71. The van der Waals surface area contributed by atoms with Crippen molar-refractivity contribution in [1.82, 2.24) is 4.31 Å². The van der Waals surface area contributed by atoms with Gasteiger partial charge in [-0.25, -0.2) is 18.1 Å². The predicted molar refractivity (Wildman–Crippen MR) is 101 cm³/mol. The van der Waals surface area contributed by atoms with Crippen molar-refractivity contribution in [3.63, 3.8) is 0 Å². The molecule has 0 saturated carbocycles. The van der Waals surface area contributed by atoms with E-state index >= 15 is 0 Å². The second-order valence-corrected chi connectivity index (χ2v) is 8.46. The Morgan fingerprint density at radius 3 is 2.34 bits per heavy atom. The van der Waals surface area contributed by atoms with Gasteiger partial charge in [0.25, 0.3) is 11.8 Å². The number of carboxylic acid groups (broad SMARTS) is 1. The Morgan fingerprint density at radius 2 is 1.66 bits per heavy atom. The van der Waals surface area contributed by atoms with Crippen LogP contribution in [0.15, 0.2) is 47.4 Å². The van der Waals surface area contributed by atoms with Gasteiger partial charge in [0.15, 0.2) is 0 Å². The highest BCUT2D eigenvalue weighted by Crippen LogP contribution is 2.31. The standard InChI is InChI=1S/C19H16N2O7S/c22-17-15-5-4-12(19(24)25)10-16(15)18(23)21(17)13-2-1-3-14(11-13)29(26,27)20-6-8-28-9-7-20/h1-5,10-11H,6-9H2,(H,24,25). The lowest BCUT2D eigenvalue weighted by molar-refractivity contribution is 0.0696. The monoisotopic (exact) mass is 416 g/mol. The zero-order valence-corrected chi connectivity index (χ0v) is 15.9. The number of amides is 2. The van der Waals surface area contributed by atoms with Crippen LogP contribution in [-0.2, 0) is 14.8 Å². The number of anilines is 1. The molecule has 29 heavy (non-hydrogen) atoms. The van der Waals surface area contributed by atoms with E-state index in [4.69, 9.17) is 9.84 Å². The third kappa shape index (κ3) is 3.20. The van der Waals surface area contributed by atoms with Crippen LogP contribution in [0.5, 0.6) is 0 Å². The van der Waals surface area contributed by atoms with E-state index in [1.165, 1.54) is 40.7 Å². The van der Waals surface area contributed by atoms with Gasteiger partial charge in [-0.1, -0.05) is 6.07 Å². The molecule has 2 amide bonds. The molecule has 2 aromatic rings. The third-order valence-corrected chi connectivity index (χ3v) is 6.71. The number of nitrogens with zero attached hydrogens (tertiary/aromatic N) is 2. The lowest BCUT2D eigenvalue weighted by Gasteiger charge is -2.26. The maximum absolute atomic E-state index is 12.9. The van der Waals surface area contributed by atoms with Crippen LogP contribution in [0.2, 0.25) is 0 Å². The summed E-state index contributed by atoms with van der Waals surface area (Å²) in [4.78, 5) is 37.5. The molecule has 2 heterocycles. The van der Waals surface area contributed by atoms with Crippen LogP contribution < -0.4 is 4.90 Å². The van der Waals surface area contributed by atoms with E-state index < -0.39 is 27.8 Å². The minimum absolute atomic E-state index is 0.0312. The van der Waals surface area contributed by atoms with E-state index in [2.05, 4.69) is 0 Å². The van der Waals surface area contributed by atoms with Gasteiger partial charge in [-0.05, 0) is 36.4 Å². The molecule has 4 rings (SSSR count). The lowest BCUT2D eigenvalue weighted by atomic mass is 10.1. The summed E-state index contributed by atoms with van der Waals surface area (Å²) in [7, 11) is -3.81. The molecule has 1 fully saturated rings. The Hall–Kier alpha value is -3.08. The molecule has 0 radical (unpaired) electrons. The Morgan fingerprint density at radius 1 is 0.966 bits per heavy atom. The summed E-state index contributed by atoms with van der Waals surface area (Å²) in [5, 5.41) is 9.11. The molecular weight excluding hydrogens is 400 g/mol. The first-order chi connectivity index (χ1) is 13.8. The number of carboxylic acids is 1. The molecule has 150 valence electrons. The number of sulfonamides is 1. The number of rotatable bonds is 4. The first-order valence-electron chi connectivity index (χ1n) is 8.75.